The van der Waals surface area contributed by atoms with Crippen molar-refractivity contribution in [1.29, 1.82) is 0 Å². The number of rotatable bonds is 8. The van der Waals surface area contributed by atoms with Crippen LogP contribution in [0.2, 0.25) is 0 Å². The van der Waals surface area contributed by atoms with E-state index in [1.165, 1.54) is 0 Å². The number of alkyl halides is 2. The summed E-state index contributed by atoms with van der Waals surface area (Å²) in [5.41, 5.74) is 1.90. The second-order valence-electron chi connectivity index (χ2n) is 4.04. The summed E-state index contributed by atoms with van der Waals surface area (Å²) in [7, 11) is 0. The van der Waals surface area contributed by atoms with Gasteiger partial charge in [-0.05, 0) is 24.6 Å². The summed E-state index contributed by atoms with van der Waals surface area (Å²) < 4.78 is 29.2. The topological polar surface area (TPSA) is 34.1 Å². The Bertz CT molecular complexity index is 359. The molecule has 1 N–H and O–H groups in total. The standard InChI is InChI=1S/C13H20F2N2O/c1-3-5-11-6-10(8-16-4-2)7-13(17-11)18-9-12(14)15/h6-7,12,16H,3-5,8-9H2,1-2H3. The Morgan fingerprint density at radius 3 is 2.72 bits per heavy atom. The van der Waals surface area contributed by atoms with Crippen LogP contribution < -0.4 is 10.1 Å². The summed E-state index contributed by atoms with van der Waals surface area (Å²) in [6.07, 6.45) is -0.685. The first kappa shape index (κ1) is 14.8. The quantitative estimate of drug-likeness (QED) is 0.778. The van der Waals surface area contributed by atoms with Crippen molar-refractivity contribution in [1.82, 2.24) is 10.3 Å². The van der Waals surface area contributed by atoms with E-state index in [1.807, 2.05) is 13.0 Å². The van der Waals surface area contributed by atoms with Crippen molar-refractivity contribution in [2.24, 2.45) is 0 Å². The fourth-order valence-electron chi connectivity index (χ4n) is 1.60. The minimum absolute atomic E-state index is 0.286. The Morgan fingerprint density at radius 2 is 2.11 bits per heavy atom. The zero-order chi connectivity index (χ0) is 13.4. The number of hydrogen-bond acceptors (Lipinski definition) is 3. The van der Waals surface area contributed by atoms with Crippen LogP contribution in [0.1, 0.15) is 31.5 Å². The fourth-order valence-corrected chi connectivity index (χ4v) is 1.60. The molecule has 0 fully saturated rings. The Balaban J connectivity index is 2.76. The highest BCUT2D eigenvalue weighted by atomic mass is 19.3. The molecule has 0 aliphatic carbocycles. The van der Waals surface area contributed by atoms with Crippen LogP contribution in [0.4, 0.5) is 8.78 Å². The van der Waals surface area contributed by atoms with Crippen LogP contribution in [0.5, 0.6) is 5.88 Å². The molecule has 102 valence electrons. The third-order valence-electron chi connectivity index (χ3n) is 2.36. The molecular formula is C13H20F2N2O. The first-order chi connectivity index (χ1) is 8.65. The lowest BCUT2D eigenvalue weighted by Gasteiger charge is -2.10. The first-order valence-corrected chi connectivity index (χ1v) is 6.27. The number of pyridine rings is 1. The van der Waals surface area contributed by atoms with Gasteiger partial charge in [-0.3, -0.25) is 0 Å². The van der Waals surface area contributed by atoms with Crippen molar-refractivity contribution in [2.45, 2.75) is 39.7 Å². The maximum absolute atomic E-state index is 12.1. The summed E-state index contributed by atoms with van der Waals surface area (Å²) in [6.45, 7) is 5.02. The molecule has 5 heteroatoms. The van der Waals surface area contributed by atoms with Gasteiger partial charge in [-0.15, -0.1) is 0 Å². The Morgan fingerprint density at radius 1 is 1.33 bits per heavy atom. The molecule has 0 radical (unpaired) electrons. The van der Waals surface area contributed by atoms with Crippen molar-refractivity contribution in [2.75, 3.05) is 13.2 Å². The summed E-state index contributed by atoms with van der Waals surface area (Å²) in [4.78, 5) is 4.22. The highest BCUT2D eigenvalue weighted by molar-refractivity contribution is 5.25. The van der Waals surface area contributed by atoms with Gasteiger partial charge in [-0.25, -0.2) is 13.8 Å². The number of ether oxygens (including phenoxy) is 1. The predicted molar refractivity (Wildman–Crippen MR) is 67.1 cm³/mol. The van der Waals surface area contributed by atoms with Gasteiger partial charge < -0.3 is 10.1 Å². The summed E-state index contributed by atoms with van der Waals surface area (Å²) in [5, 5.41) is 3.19. The zero-order valence-corrected chi connectivity index (χ0v) is 10.9. The van der Waals surface area contributed by atoms with E-state index in [2.05, 4.69) is 17.2 Å². The molecule has 0 aliphatic rings. The molecule has 0 bridgehead atoms. The van der Waals surface area contributed by atoms with E-state index in [1.54, 1.807) is 6.07 Å². The number of nitrogens with one attached hydrogen (secondary N) is 1. The molecule has 18 heavy (non-hydrogen) atoms. The molecule has 0 saturated carbocycles. The number of halogens is 2. The lowest BCUT2D eigenvalue weighted by Crippen LogP contribution is -2.13. The molecule has 0 unspecified atom stereocenters. The van der Waals surface area contributed by atoms with Crippen LogP contribution in [-0.2, 0) is 13.0 Å². The van der Waals surface area contributed by atoms with Crippen molar-refractivity contribution < 1.29 is 13.5 Å². The van der Waals surface area contributed by atoms with Gasteiger partial charge in [0.15, 0.2) is 6.61 Å². The Labute approximate surface area is 107 Å². The van der Waals surface area contributed by atoms with E-state index < -0.39 is 13.0 Å². The van der Waals surface area contributed by atoms with Crippen molar-refractivity contribution in [3.63, 3.8) is 0 Å². The molecule has 0 aliphatic heterocycles. The average Bonchev–Trinajstić information content (AvgIpc) is 2.34. The Kier molecular flexibility index (Phi) is 6.57. The van der Waals surface area contributed by atoms with E-state index in [-0.39, 0.29) is 5.88 Å². The van der Waals surface area contributed by atoms with E-state index in [0.29, 0.717) is 6.54 Å². The number of hydrogen-bond donors (Lipinski definition) is 1. The molecule has 0 aromatic carbocycles. The SMILES string of the molecule is CCCc1cc(CNCC)cc(OCC(F)F)n1. The number of aryl methyl sites for hydroxylation is 1. The van der Waals surface area contributed by atoms with Crippen molar-refractivity contribution in [3.8, 4) is 5.88 Å². The van der Waals surface area contributed by atoms with Gasteiger partial charge in [0.1, 0.15) is 0 Å². The molecule has 3 nitrogen and oxygen atoms in total. The molecular weight excluding hydrogens is 238 g/mol. The van der Waals surface area contributed by atoms with Gasteiger partial charge in [0.2, 0.25) is 5.88 Å². The normalized spacial score (nSPS) is 10.9. The molecule has 0 amide bonds. The highest BCUT2D eigenvalue weighted by Gasteiger charge is 2.07. The zero-order valence-electron chi connectivity index (χ0n) is 10.9. The summed E-state index contributed by atoms with van der Waals surface area (Å²) in [5.74, 6) is 0.286. The van der Waals surface area contributed by atoms with Gasteiger partial charge >= 0.3 is 0 Å². The molecule has 1 aromatic heterocycles. The molecule has 1 aromatic rings. The predicted octanol–water partition coefficient (Wildman–Crippen LogP) is 2.79. The number of nitrogens with zero attached hydrogens (tertiary/aromatic N) is 1. The van der Waals surface area contributed by atoms with Crippen molar-refractivity contribution >= 4 is 0 Å². The van der Waals surface area contributed by atoms with Gasteiger partial charge in [-0.1, -0.05) is 20.3 Å². The van der Waals surface area contributed by atoms with Crippen LogP contribution in [0.3, 0.4) is 0 Å². The molecule has 1 rings (SSSR count). The third kappa shape index (κ3) is 5.40. The van der Waals surface area contributed by atoms with Crippen molar-refractivity contribution in [3.05, 3.63) is 23.4 Å². The average molecular weight is 258 g/mol. The van der Waals surface area contributed by atoms with Crippen LogP contribution in [-0.4, -0.2) is 24.6 Å². The maximum atomic E-state index is 12.1. The summed E-state index contributed by atoms with van der Waals surface area (Å²) in [6, 6.07) is 3.70. The van der Waals surface area contributed by atoms with E-state index >= 15 is 0 Å². The van der Waals surface area contributed by atoms with Crippen LogP contribution in [0.15, 0.2) is 12.1 Å². The monoisotopic (exact) mass is 258 g/mol. The minimum atomic E-state index is -2.47. The maximum Gasteiger partial charge on any atom is 0.272 e. The van der Waals surface area contributed by atoms with E-state index in [9.17, 15) is 8.78 Å². The van der Waals surface area contributed by atoms with Gasteiger partial charge in [0, 0.05) is 18.3 Å². The molecule has 1 heterocycles. The second-order valence-corrected chi connectivity index (χ2v) is 4.04. The molecule has 0 spiro atoms. The van der Waals surface area contributed by atoms with Gasteiger partial charge in [0.05, 0.1) is 0 Å². The third-order valence-corrected chi connectivity index (χ3v) is 2.36. The largest absolute Gasteiger partial charge is 0.472 e. The molecule has 0 atom stereocenters. The van der Waals surface area contributed by atoms with Crippen LogP contribution >= 0.6 is 0 Å². The first-order valence-electron chi connectivity index (χ1n) is 6.27. The smallest absolute Gasteiger partial charge is 0.272 e. The minimum Gasteiger partial charge on any atom is -0.472 e. The highest BCUT2D eigenvalue weighted by Crippen LogP contribution is 2.15. The fraction of sp³-hybridized carbons (Fsp3) is 0.615. The Hall–Kier alpha value is -1.23. The lowest BCUT2D eigenvalue weighted by atomic mass is 10.1. The molecule has 0 saturated heterocycles. The van der Waals surface area contributed by atoms with Gasteiger partial charge in [0.25, 0.3) is 6.43 Å². The lowest BCUT2D eigenvalue weighted by molar-refractivity contribution is 0.0794. The van der Waals surface area contributed by atoms with Crippen LogP contribution in [0.25, 0.3) is 0 Å². The van der Waals surface area contributed by atoms with E-state index in [4.69, 9.17) is 4.74 Å². The van der Waals surface area contributed by atoms with Crippen LogP contribution in [0, 0.1) is 0 Å². The van der Waals surface area contributed by atoms with E-state index in [0.717, 1.165) is 30.6 Å². The second kappa shape index (κ2) is 7.97. The summed E-state index contributed by atoms with van der Waals surface area (Å²) >= 11 is 0. The number of aromatic nitrogens is 1. The van der Waals surface area contributed by atoms with Gasteiger partial charge in [-0.2, -0.15) is 0 Å².